The number of nitrogens with zero attached hydrogens (tertiary/aromatic N) is 3. The van der Waals surface area contributed by atoms with Gasteiger partial charge in [-0.3, -0.25) is 9.89 Å². The lowest BCUT2D eigenvalue weighted by Gasteiger charge is -2.32. The number of halogens is 4. The number of hydrogen-bond acceptors (Lipinski definition) is 4. The van der Waals surface area contributed by atoms with Gasteiger partial charge in [-0.25, -0.2) is 0 Å². The number of fused-ring (bicyclic) bond motifs is 1. The predicted octanol–water partition coefficient (Wildman–Crippen LogP) is 3.53. The molecule has 0 radical (unpaired) electrons. The second-order valence-electron chi connectivity index (χ2n) is 7.09. The lowest BCUT2D eigenvalue weighted by atomic mass is 9.99. The van der Waals surface area contributed by atoms with E-state index in [-0.39, 0.29) is 24.0 Å². The molecule has 6 nitrogen and oxygen atoms in total. The van der Waals surface area contributed by atoms with Crippen LogP contribution in [0.25, 0.3) is 0 Å². The van der Waals surface area contributed by atoms with Crippen molar-refractivity contribution in [1.82, 2.24) is 15.1 Å². The fourth-order valence-corrected chi connectivity index (χ4v) is 3.40. The molecular weight excluding hydrogens is 512 g/mol. The summed E-state index contributed by atoms with van der Waals surface area (Å²) in [7, 11) is 4.72. The lowest BCUT2D eigenvalue weighted by molar-refractivity contribution is -0.143. The van der Waals surface area contributed by atoms with Gasteiger partial charge in [0, 0.05) is 26.2 Å². The van der Waals surface area contributed by atoms with E-state index in [2.05, 4.69) is 15.2 Å². The smallest absolute Gasteiger partial charge is 0.401 e. The molecule has 30 heavy (non-hydrogen) atoms. The molecule has 2 rings (SSSR count). The van der Waals surface area contributed by atoms with Crippen LogP contribution in [0.2, 0.25) is 0 Å². The molecule has 1 aromatic rings. The van der Waals surface area contributed by atoms with Gasteiger partial charge in [0.15, 0.2) is 17.5 Å². The SMILES string of the molecule is CCNC(=NCCCN(C)CC(F)(F)F)N1CCc2cc(OC)c(OC)cc2C1.I. The average molecular weight is 544 g/mol. The summed E-state index contributed by atoms with van der Waals surface area (Å²) in [5.74, 6) is 2.21. The van der Waals surface area contributed by atoms with Crippen LogP contribution in [-0.2, 0) is 13.0 Å². The Morgan fingerprint density at radius 1 is 1.20 bits per heavy atom. The van der Waals surface area contributed by atoms with Crippen molar-refractivity contribution in [3.63, 3.8) is 0 Å². The Morgan fingerprint density at radius 2 is 1.83 bits per heavy atom. The van der Waals surface area contributed by atoms with E-state index >= 15 is 0 Å². The molecule has 0 bridgehead atoms. The third-order valence-corrected chi connectivity index (χ3v) is 4.76. The first-order valence-corrected chi connectivity index (χ1v) is 9.79. The van der Waals surface area contributed by atoms with Crippen LogP contribution in [0.3, 0.4) is 0 Å². The molecule has 0 amide bonds. The van der Waals surface area contributed by atoms with E-state index in [0.29, 0.717) is 31.8 Å². The quantitative estimate of drug-likeness (QED) is 0.235. The predicted molar refractivity (Wildman–Crippen MR) is 123 cm³/mol. The summed E-state index contributed by atoms with van der Waals surface area (Å²) in [5, 5.41) is 3.29. The van der Waals surface area contributed by atoms with Crippen LogP contribution in [0.15, 0.2) is 17.1 Å². The van der Waals surface area contributed by atoms with Gasteiger partial charge < -0.3 is 19.7 Å². The molecule has 1 aromatic carbocycles. The lowest BCUT2D eigenvalue weighted by Crippen LogP contribution is -2.44. The Bertz CT molecular complexity index is 701. The van der Waals surface area contributed by atoms with Crippen LogP contribution in [0.1, 0.15) is 24.5 Å². The van der Waals surface area contributed by atoms with E-state index in [4.69, 9.17) is 9.47 Å². The monoisotopic (exact) mass is 544 g/mol. The van der Waals surface area contributed by atoms with Gasteiger partial charge in [0.2, 0.25) is 0 Å². The third kappa shape index (κ3) is 8.01. The van der Waals surface area contributed by atoms with Gasteiger partial charge in [-0.1, -0.05) is 0 Å². The highest BCUT2D eigenvalue weighted by Crippen LogP contribution is 2.33. The van der Waals surface area contributed by atoms with Gasteiger partial charge in [0.1, 0.15) is 0 Å². The molecule has 0 aliphatic carbocycles. The fraction of sp³-hybridized carbons (Fsp3) is 0.650. The van der Waals surface area contributed by atoms with Gasteiger partial charge in [0.25, 0.3) is 0 Å². The molecule has 0 saturated carbocycles. The summed E-state index contributed by atoms with van der Waals surface area (Å²) in [6.07, 6.45) is -2.75. The summed E-state index contributed by atoms with van der Waals surface area (Å²) in [4.78, 5) is 8.06. The number of rotatable bonds is 8. The molecule has 1 aliphatic rings. The highest BCUT2D eigenvalue weighted by molar-refractivity contribution is 14.0. The number of aliphatic imine (C=N–C) groups is 1. The van der Waals surface area contributed by atoms with Crippen LogP contribution in [0.5, 0.6) is 11.5 Å². The Kier molecular flexibility index (Phi) is 11.0. The largest absolute Gasteiger partial charge is 0.493 e. The van der Waals surface area contributed by atoms with Crippen LogP contribution >= 0.6 is 24.0 Å². The summed E-state index contributed by atoms with van der Waals surface area (Å²) >= 11 is 0. The number of benzene rings is 1. The molecule has 0 aromatic heterocycles. The van der Waals surface area contributed by atoms with Crippen LogP contribution < -0.4 is 14.8 Å². The first-order chi connectivity index (χ1) is 13.8. The number of guanidine groups is 1. The first-order valence-electron chi connectivity index (χ1n) is 9.79. The maximum Gasteiger partial charge on any atom is 0.401 e. The van der Waals surface area contributed by atoms with Gasteiger partial charge in [-0.05, 0) is 56.6 Å². The maximum absolute atomic E-state index is 12.4. The molecule has 0 unspecified atom stereocenters. The summed E-state index contributed by atoms with van der Waals surface area (Å²) in [6.45, 7) is 4.14. The van der Waals surface area contributed by atoms with Gasteiger partial charge in [0.05, 0.1) is 20.8 Å². The van der Waals surface area contributed by atoms with Crippen molar-refractivity contribution in [2.75, 3.05) is 54.0 Å². The molecule has 0 fully saturated rings. The Morgan fingerprint density at radius 3 is 2.40 bits per heavy atom. The number of ether oxygens (including phenoxy) is 2. The summed E-state index contributed by atoms with van der Waals surface area (Å²) in [6, 6.07) is 4.02. The zero-order valence-electron chi connectivity index (χ0n) is 18.0. The number of nitrogens with one attached hydrogen (secondary N) is 1. The van der Waals surface area contributed by atoms with E-state index in [1.807, 2.05) is 19.1 Å². The van der Waals surface area contributed by atoms with Crippen molar-refractivity contribution in [1.29, 1.82) is 0 Å². The zero-order valence-corrected chi connectivity index (χ0v) is 20.3. The van der Waals surface area contributed by atoms with Gasteiger partial charge >= 0.3 is 6.18 Å². The van der Waals surface area contributed by atoms with Crippen LogP contribution in [-0.4, -0.2) is 75.9 Å². The highest BCUT2D eigenvalue weighted by atomic mass is 127. The van der Waals surface area contributed by atoms with Crippen molar-refractivity contribution < 1.29 is 22.6 Å². The molecule has 1 N–H and O–H groups in total. The molecule has 0 spiro atoms. The van der Waals surface area contributed by atoms with Crippen molar-refractivity contribution >= 4 is 29.9 Å². The van der Waals surface area contributed by atoms with E-state index in [1.165, 1.54) is 17.5 Å². The van der Waals surface area contributed by atoms with Crippen LogP contribution in [0, 0.1) is 0 Å². The molecular formula is C20H32F3IN4O2. The molecule has 0 atom stereocenters. The second-order valence-corrected chi connectivity index (χ2v) is 7.09. The van der Waals surface area contributed by atoms with Crippen molar-refractivity contribution in [3.05, 3.63) is 23.3 Å². The summed E-state index contributed by atoms with van der Waals surface area (Å²) in [5.41, 5.74) is 2.38. The fourth-order valence-electron chi connectivity index (χ4n) is 3.40. The van der Waals surface area contributed by atoms with E-state index in [9.17, 15) is 13.2 Å². The minimum absolute atomic E-state index is 0. The Hall–Kier alpha value is -1.43. The third-order valence-electron chi connectivity index (χ3n) is 4.76. The minimum Gasteiger partial charge on any atom is -0.493 e. The molecule has 1 aliphatic heterocycles. The standard InChI is InChI=1S/C20H31F3N4O2.HI/c1-5-24-19(25-8-6-9-26(2)14-20(21,22)23)27-10-7-15-11-17(28-3)18(29-4)12-16(15)13-27;/h11-12H,5-10,13-14H2,1-4H3,(H,24,25);1H. The number of alkyl halides is 3. The molecule has 172 valence electrons. The minimum atomic E-state index is -4.17. The number of hydrogen-bond donors (Lipinski definition) is 1. The maximum atomic E-state index is 12.4. The summed E-state index contributed by atoms with van der Waals surface area (Å²) < 4.78 is 48.0. The topological polar surface area (TPSA) is 49.3 Å². The average Bonchev–Trinajstić information content (AvgIpc) is 2.67. The van der Waals surface area contributed by atoms with Crippen molar-refractivity contribution in [3.8, 4) is 11.5 Å². The normalized spacial score (nSPS) is 14.3. The molecule has 1 heterocycles. The van der Waals surface area contributed by atoms with E-state index in [1.54, 1.807) is 14.2 Å². The zero-order chi connectivity index (χ0) is 21.4. The van der Waals surface area contributed by atoms with Gasteiger partial charge in [-0.15, -0.1) is 24.0 Å². The highest BCUT2D eigenvalue weighted by Gasteiger charge is 2.28. The Balaban J connectivity index is 0.00000450. The van der Waals surface area contributed by atoms with Crippen molar-refractivity contribution in [2.24, 2.45) is 4.99 Å². The van der Waals surface area contributed by atoms with Crippen LogP contribution in [0.4, 0.5) is 13.2 Å². The van der Waals surface area contributed by atoms with E-state index in [0.717, 1.165) is 36.8 Å². The molecule has 0 saturated heterocycles. The first kappa shape index (κ1) is 26.6. The van der Waals surface area contributed by atoms with Gasteiger partial charge in [-0.2, -0.15) is 13.2 Å². The Labute approximate surface area is 193 Å². The second kappa shape index (κ2) is 12.4. The number of methoxy groups -OCH3 is 2. The molecule has 10 heteroatoms. The van der Waals surface area contributed by atoms with E-state index < -0.39 is 12.7 Å². The van der Waals surface area contributed by atoms with Crippen molar-refractivity contribution in [2.45, 2.75) is 32.5 Å².